The summed E-state index contributed by atoms with van der Waals surface area (Å²) in [5.41, 5.74) is 0. The van der Waals surface area contributed by atoms with E-state index in [-0.39, 0.29) is 0 Å². The van der Waals surface area contributed by atoms with Crippen LogP contribution in [-0.4, -0.2) is 30.7 Å². The van der Waals surface area contributed by atoms with Crippen LogP contribution in [0.2, 0.25) is 0 Å². The third kappa shape index (κ3) is 14.7. The van der Waals surface area contributed by atoms with E-state index in [0.29, 0.717) is 0 Å². The van der Waals surface area contributed by atoms with Gasteiger partial charge in [-0.05, 0) is 25.7 Å². The monoisotopic (exact) mass is 299 g/mol. The molecule has 129 valence electrons. The SMILES string of the molecule is CCCC[N+](CCCC)(CCCC)CCCC.[CH2]CCC. The van der Waals surface area contributed by atoms with Crippen LogP contribution in [0, 0.1) is 6.92 Å². The predicted molar refractivity (Wildman–Crippen MR) is 99.6 cm³/mol. The topological polar surface area (TPSA) is 0 Å². The number of hydrogen-bond acceptors (Lipinski definition) is 0. The summed E-state index contributed by atoms with van der Waals surface area (Å²) >= 11 is 0. The standard InChI is InChI=1S/C16H36N.C4H9/c1-5-9-13-17(14-10-6-2,15-11-7-3)16-12-8-4;1-3-4-2/h5-16H2,1-4H3;1,3-4H2,2H3/q+1;. The molecule has 0 aliphatic rings. The average molecular weight is 300 g/mol. The Balaban J connectivity index is 0. The molecule has 0 saturated heterocycles. The highest BCUT2D eigenvalue weighted by Crippen LogP contribution is 2.16. The van der Waals surface area contributed by atoms with E-state index < -0.39 is 0 Å². The number of unbranched alkanes of at least 4 members (excludes halogenated alkanes) is 5. The van der Waals surface area contributed by atoms with Crippen LogP contribution in [0.15, 0.2) is 0 Å². The molecule has 0 aromatic carbocycles. The second-order valence-electron chi connectivity index (χ2n) is 6.50. The minimum atomic E-state index is 1.07. The van der Waals surface area contributed by atoms with Crippen LogP contribution >= 0.6 is 0 Å². The van der Waals surface area contributed by atoms with E-state index in [1.807, 2.05) is 0 Å². The molecule has 1 nitrogen and oxygen atoms in total. The molecule has 0 atom stereocenters. The Hall–Kier alpha value is -0.0400. The first-order valence-corrected chi connectivity index (χ1v) is 9.80. The summed E-state index contributed by atoms with van der Waals surface area (Å²) in [5.74, 6) is 0. The summed E-state index contributed by atoms with van der Waals surface area (Å²) in [7, 11) is 0. The summed E-state index contributed by atoms with van der Waals surface area (Å²) in [4.78, 5) is 0. The minimum absolute atomic E-state index is 1.07. The van der Waals surface area contributed by atoms with Crippen molar-refractivity contribution in [1.29, 1.82) is 0 Å². The molecule has 0 aromatic heterocycles. The zero-order valence-electron chi connectivity index (χ0n) is 16.1. The molecule has 0 fully saturated rings. The van der Waals surface area contributed by atoms with Crippen LogP contribution in [0.5, 0.6) is 0 Å². The second-order valence-corrected chi connectivity index (χ2v) is 6.50. The fraction of sp³-hybridized carbons (Fsp3) is 0.950. The van der Waals surface area contributed by atoms with E-state index in [1.54, 1.807) is 0 Å². The van der Waals surface area contributed by atoms with E-state index in [0.717, 1.165) is 6.42 Å². The Morgan fingerprint density at radius 1 is 0.524 bits per heavy atom. The van der Waals surface area contributed by atoms with E-state index in [2.05, 4.69) is 41.5 Å². The zero-order valence-corrected chi connectivity index (χ0v) is 16.1. The highest BCUT2D eigenvalue weighted by atomic mass is 15.3. The fourth-order valence-corrected chi connectivity index (χ4v) is 2.64. The third-order valence-corrected chi connectivity index (χ3v) is 4.30. The maximum Gasteiger partial charge on any atom is 0.0786 e. The minimum Gasteiger partial charge on any atom is -0.324 e. The van der Waals surface area contributed by atoms with Crippen molar-refractivity contribution in [2.45, 2.75) is 98.8 Å². The van der Waals surface area contributed by atoms with E-state index >= 15 is 0 Å². The molecular weight excluding hydrogens is 254 g/mol. The van der Waals surface area contributed by atoms with Crippen molar-refractivity contribution in [2.24, 2.45) is 0 Å². The average Bonchev–Trinajstić information content (AvgIpc) is 2.53. The Kier molecular flexibility index (Phi) is 19.9. The molecule has 1 radical (unpaired) electrons. The largest absolute Gasteiger partial charge is 0.324 e. The molecule has 0 N–H and O–H groups in total. The molecule has 0 unspecified atom stereocenters. The van der Waals surface area contributed by atoms with Crippen LogP contribution < -0.4 is 0 Å². The Morgan fingerprint density at radius 2 is 0.762 bits per heavy atom. The van der Waals surface area contributed by atoms with Gasteiger partial charge in [0, 0.05) is 0 Å². The van der Waals surface area contributed by atoms with E-state index in [9.17, 15) is 0 Å². The Morgan fingerprint density at radius 3 is 0.905 bits per heavy atom. The van der Waals surface area contributed by atoms with Crippen molar-refractivity contribution >= 4 is 0 Å². The summed E-state index contributed by atoms with van der Waals surface area (Å²) < 4.78 is 1.42. The lowest BCUT2D eigenvalue weighted by Crippen LogP contribution is -2.50. The molecule has 0 aromatic rings. The lowest BCUT2D eigenvalue weighted by atomic mass is 10.1. The van der Waals surface area contributed by atoms with Crippen molar-refractivity contribution in [3.05, 3.63) is 6.92 Å². The van der Waals surface area contributed by atoms with Crippen molar-refractivity contribution in [1.82, 2.24) is 0 Å². The smallest absolute Gasteiger partial charge is 0.0786 e. The quantitative estimate of drug-likeness (QED) is 0.335. The lowest BCUT2D eigenvalue weighted by molar-refractivity contribution is -0.929. The summed E-state index contributed by atoms with van der Waals surface area (Å²) in [5, 5.41) is 0. The predicted octanol–water partition coefficient (Wildman–Crippen LogP) is 6.62. The summed E-state index contributed by atoms with van der Waals surface area (Å²) in [6.07, 6.45) is 13.3. The summed E-state index contributed by atoms with van der Waals surface area (Å²) in [6.45, 7) is 20.7. The summed E-state index contributed by atoms with van der Waals surface area (Å²) in [6, 6.07) is 0. The Bertz CT molecular complexity index is 137. The number of hydrogen-bond donors (Lipinski definition) is 0. The normalized spacial score (nSPS) is 11.1. The molecule has 1 heteroatoms. The van der Waals surface area contributed by atoms with Crippen LogP contribution in [-0.2, 0) is 0 Å². The molecule has 0 saturated carbocycles. The van der Waals surface area contributed by atoms with Gasteiger partial charge in [0.25, 0.3) is 0 Å². The maximum absolute atomic E-state index is 3.60. The molecular formula is C20H45N+. The zero-order chi connectivity index (χ0) is 16.4. The number of quaternary nitrogens is 1. The van der Waals surface area contributed by atoms with Gasteiger partial charge < -0.3 is 4.48 Å². The van der Waals surface area contributed by atoms with Gasteiger partial charge in [-0.15, -0.1) is 0 Å². The van der Waals surface area contributed by atoms with Gasteiger partial charge in [-0.2, -0.15) is 0 Å². The molecule has 0 spiro atoms. The molecule has 0 aliphatic carbocycles. The van der Waals surface area contributed by atoms with Gasteiger partial charge in [0.1, 0.15) is 0 Å². The van der Waals surface area contributed by atoms with Gasteiger partial charge in [0.15, 0.2) is 0 Å². The van der Waals surface area contributed by atoms with Gasteiger partial charge in [-0.1, -0.05) is 80.1 Å². The van der Waals surface area contributed by atoms with Gasteiger partial charge in [-0.3, -0.25) is 0 Å². The highest BCUT2D eigenvalue weighted by Gasteiger charge is 2.24. The van der Waals surface area contributed by atoms with E-state index in [1.165, 1.54) is 88.4 Å². The molecule has 0 aliphatic heterocycles. The lowest BCUT2D eigenvalue weighted by Gasteiger charge is -2.39. The van der Waals surface area contributed by atoms with Crippen molar-refractivity contribution < 1.29 is 4.48 Å². The van der Waals surface area contributed by atoms with Crippen LogP contribution in [0.1, 0.15) is 98.8 Å². The first-order valence-electron chi connectivity index (χ1n) is 9.80. The first kappa shape index (κ1) is 23.2. The Labute approximate surface area is 137 Å². The number of rotatable bonds is 13. The van der Waals surface area contributed by atoms with Crippen LogP contribution in [0.25, 0.3) is 0 Å². The van der Waals surface area contributed by atoms with Crippen molar-refractivity contribution in [2.75, 3.05) is 26.2 Å². The van der Waals surface area contributed by atoms with E-state index in [4.69, 9.17) is 0 Å². The molecule has 0 heterocycles. The van der Waals surface area contributed by atoms with Crippen LogP contribution in [0.4, 0.5) is 0 Å². The van der Waals surface area contributed by atoms with Gasteiger partial charge >= 0.3 is 0 Å². The van der Waals surface area contributed by atoms with Gasteiger partial charge in [0.05, 0.1) is 26.2 Å². The van der Waals surface area contributed by atoms with Crippen molar-refractivity contribution in [3.8, 4) is 0 Å². The molecule has 0 amide bonds. The molecule has 0 bridgehead atoms. The maximum atomic E-state index is 3.60. The molecule has 21 heavy (non-hydrogen) atoms. The highest BCUT2D eigenvalue weighted by molar-refractivity contribution is 4.49. The fourth-order valence-electron chi connectivity index (χ4n) is 2.64. The van der Waals surface area contributed by atoms with Crippen LogP contribution in [0.3, 0.4) is 0 Å². The number of nitrogens with zero attached hydrogens (tertiary/aromatic N) is 1. The first-order chi connectivity index (χ1) is 10.2. The molecule has 0 rings (SSSR count). The van der Waals surface area contributed by atoms with Gasteiger partial charge in [-0.25, -0.2) is 0 Å². The third-order valence-electron chi connectivity index (χ3n) is 4.30. The van der Waals surface area contributed by atoms with Gasteiger partial charge in [0.2, 0.25) is 0 Å². The van der Waals surface area contributed by atoms with Crippen molar-refractivity contribution in [3.63, 3.8) is 0 Å². The second kappa shape index (κ2) is 18.0.